The van der Waals surface area contributed by atoms with Crippen LogP contribution in [0.3, 0.4) is 0 Å². The van der Waals surface area contributed by atoms with E-state index in [9.17, 15) is 4.79 Å². The zero-order chi connectivity index (χ0) is 11.3. The van der Waals surface area contributed by atoms with Crippen molar-refractivity contribution >= 4 is 17.6 Å². The number of carboxylic acid groups (broad SMARTS) is 1. The van der Waals surface area contributed by atoms with Gasteiger partial charge in [0.2, 0.25) is 5.88 Å². The molecule has 0 fully saturated rings. The van der Waals surface area contributed by atoms with Crippen LogP contribution in [0.25, 0.3) is 0 Å². The molecule has 4 nitrogen and oxygen atoms in total. The maximum Gasteiger partial charge on any atom is 0.356 e. The lowest BCUT2D eigenvalue weighted by Gasteiger charge is -2.03. The average Bonchev–Trinajstić information content (AvgIpc) is 2.20. The molecule has 1 aromatic heterocycles. The summed E-state index contributed by atoms with van der Waals surface area (Å²) in [6.07, 6.45) is 3.62. The molecule has 1 rings (SSSR count). The number of hydrogen-bond donors (Lipinski definition) is 1. The van der Waals surface area contributed by atoms with Crippen molar-refractivity contribution in [3.05, 3.63) is 35.0 Å². The Kier molecular flexibility index (Phi) is 4.12. The number of carboxylic acids is 1. The van der Waals surface area contributed by atoms with Crippen LogP contribution < -0.4 is 4.74 Å². The first-order valence-electron chi connectivity index (χ1n) is 4.29. The highest BCUT2D eigenvalue weighted by atomic mass is 35.5. The third kappa shape index (κ3) is 3.25. The molecule has 80 valence electrons. The molecule has 15 heavy (non-hydrogen) atoms. The summed E-state index contributed by atoms with van der Waals surface area (Å²) in [5.41, 5.74) is -0.199. The fourth-order valence-corrected chi connectivity index (χ4v) is 1.07. The summed E-state index contributed by atoms with van der Waals surface area (Å²) in [6, 6.07) is 2.97. The third-order valence-electron chi connectivity index (χ3n) is 1.59. The minimum atomic E-state index is -1.17. The van der Waals surface area contributed by atoms with Crippen molar-refractivity contribution in [1.29, 1.82) is 0 Å². The molecule has 0 aliphatic rings. The topological polar surface area (TPSA) is 59.4 Å². The van der Waals surface area contributed by atoms with Crippen molar-refractivity contribution in [1.82, 2.24) is 4.98 Å². The van der Waals surface area contributed by atoms with E-state index in [-0.39, 0.29) is 16.6 Å². The Morgan fingerprint density at radius 2 is 2.40 bits per heavy atom. The van der Waals surface area contributed by atoms with Gasteiger partial charge in [-0.15, -0.1) is 0 Å². The van der Waals surface area contributed by atoms with Crippen LogP contribution in [-0.2, 0) is 0 Å². The number of pyridine rings is 1. The first kappa shape index (κ1) is 11.5. The van der Waals surface area contributed by atoms with E-state index in [0.717, 1.165) is 0 Å². The summed E-state index contributed by atoms with van der Waals surface area (Å²) < 4.78 is 5.17. The Morgan fingerprint density at radius 3 is 3.00 bits per heavy atom. The number of ether oxygens (including phenoxy) is 1. The monoisotopic (exact) mass is 227 g/mol. The molecule has 1 aromatic rings. The van der Waals surface area contributed by atoms with E-state index in [2.05, 4.69) is 4.98 Å². The van der Waals surface area contributed by atoms with Gasteiger partial charge in [-0.05, 0) is 13.0 Å². The third-order valence-corrected chi connectivity index (χ3v) is 1.89. The van der Waals surface area contributed by atoms with Gasteiger partial charge in [-0.3, -0.25) is 0 Å². The van der Waals surface area contributed by atoms with Gasteiger partial charge < -0.3 is 9.84 Å². The van der Waals surface area contributed by atoms with Gasteiger partial charge in [0.1, 0.15) is 6.61 Å². The quantitative estimate of drug-likeness (QED) is 0.803. The Bertz CT molecular complexity index is 390. The molecule has 0 radical (unpaired) electrons. The highest BCUT2D eigenvalue weighted by Gasteiger charge is 2.11. The van der Waals surface area contributed by atoms with Crippen molar-refractivity contribution < 1.29 is 14.6 Å². The molecular weight excluding hydrogens is 218 g/mol. The molecule has 1 heterocycles. The zero-order valence-electron chi connectivity index (χ0n) is 8.11. The van der Waals surface area contributed by atoms with E-state index in [1.54, 1.807) is 6.08 Å². The van der Waals surface area contributed by atoms with Crippen LogP contribution in [0.1, 0.15) is 17.4 Å². The molecule has 0 unspecified atom stereocenters. The van der Waals surface area contributed by atoms with Gasteiger partial charge in [0.05, 0.1) is 5.02 Å². The second kappa shape index (κ2) is 5.36. The number of rotatable bonds is 4. The fourth-order valence-electron chi connectivity index (χ4n) is 0.884. The molecule has 0 saturated heterocycles. The second-order valence-corrected chi connectivity index (χ2v) is 3.07. The van der Waals surface area contributed by atoms with Gasteiger partial charge in [-0.25, -0.2) is 9.78 Å². The maximum atomic E-state index is 10.7. The number of halogens is 1. The SMILES string of the molecule is CC=CCOc1ccc(Cl)c(C(=O)O)n1. The van der Waals surface area contributed by atoms with Crippen LogP contribution >= 0.6 is 11.6 Å². The van der Waals surface area contributed by atoms with Gasteiger partial charge in [-0.1, -0.05) is 23.8 Å². The normalized spacial score (nSPS) is 10.5. The number of aromatic nitrogens is 1. The molecular formula is C10H10ClNO3. The van der Waals surface area contributed by atoms with Crippen molar-refractivity contribution in [2.24, 2.45) is 0 Å². The van der Waals surface area contributed by atoms with Crippen LogP contribution in [0.2, 0.25) is 5.02 Å². The highest BCUT2D eigenvalue weighted by Crippen LogP contribution is 2.17. The molecule has 5 heteroatoms. The second-order valence-electron chi connectivity index (χ2n) is 2.67. The summed E-state index contributed by atoms with van der Waals surface area (Å²) in [4.78, 5) is 14.4. The summed E-state index contributed by atoms with van der Waals surface area (Å²) in [5.74, 6) is -0.925. The summed E-state index contributed by atoms with van der Waals surface area (Å²) >= 11 is 5.64. The van der Waals surface area contributed by atoms with Gasteiger partial charge in [0, 0.05) is 6.07 Å². The van der Waals surface area contributed by atoms with E-state index >= 15 is 0 Å². The summed E-state index contributed by atoms with van der Waals surface area (Å²) in [5, 5.41) is 8.84. The first-order chi connectivity index (χ1) is 7.15. The van der Waals surface area contributed by atoms with Gasteiger partial charge in [0.15, 0.2) is 5.69 Å². The van der Waals surface area contributed by atoms with Crippen molar-refractivity contribution in [3.63, 3.8) is 0 Å². The standard InChI is InChI=1S/C10H10ClNO3/c1-2-3-6-15-8-5-4-7(11)9(12-8)10(13)14/h2-5H,6H2,1H3,(H,13,14). The van der Waals surface area contributed by atoms with Crippen molar-refractivity contribution in [3.8, 4) is 5.88 Å². The zero-order valence-corrected chi connectivity index (χ0v) is 8.86. The Balaban J connectivity index is 2.83. The van der Waals surface area contributed by atoms with E-state index in [1.165, 1.54) is 12.1 Å². The predicted molar refractivity (Wildman–Crippen MR) is 56.5 cm³/mol. The molecule has 1 N–H and O–H groups in total. The summed E-state index contributed by atoms with van der Waals surface area (Å²) in [7, 11) is 0. The van der Waals surface area contributed by atoms with Crippen LogP contribution in [0.15, 0.2) is 24.3 Å². The van der Waals surface area contributed by atoms with E-state index in [4.69, 9.17) is 21.4 Å². The van der Waals surface area contributed by atoms with Gasteiger partial charge in [0.25, 0.3) is 0 Å². The number of carbonyl (C=O) groups is 1. The fraction of sp³-hybridized carbons (Fsp3) is 0.200. The first-order valence-corrected chi connectivity index (χ1v) is 4.66. The van der Waals surface area contributed by atoms with Gasteiger partial charge in [-0.2, -0.15) is 0 Å². The smallest absolute Gasteiger partial charge is 0.356 e. The van der Waals surface area contributed by atoms with Crippen LogP contribution in [0.4, 0.5) is 0 Å². The minimum Gasteiger partial charge on any atom is -0.476 e. The predicted octanol–water partition coefficient (Wildman–Crippen LogP) is 2.39. The number of aromatic carboxylic acids is 1. The Hall–Kier alpha value is -1.55. The lowest BCUT2D eigenvalue weighted by atomic mass is 10.3. The van der Waals surface area contributed by atoms with Crippen LogP contribution in [-0.4, -0.2) is 22.7 Å². The molecule has 0 atom stereocenters. The number of allylic oxidation sites excluding steroid dienone is 1. The molecule has 0 aliphatic carbocycles. The Morgan fingerprint density at radius 1 is 1.67 bits per heavy atom. The molecule has 0 aromatic carbocycles. The van der Waals surface area contributed by atoms with E-state index < -0.39 is 5.97 Å². The lowest BCUT2D eigenvalue weighted by Crippen LogP contribution is -2.04. The largest absolute Gasteiger partial charge is 0.476 e. The van der Waals surface area contributed by atoms with Crippen molar-refractivity contribution in [2.45, 2.75) is 6.92 Å². The molecule has 0 amide bonds. The highest BCUT2D eigenvalue weighted by molar-refractivity contribution is 6.33. The molecule has 0 spiro atoms. The van der Waals surface area contributed by atoms with Crippen LogP contribution in [0.5, 0.6) is 5.88 Å². The molecule has 0 saturated carbocycles. The maximum absolute atomic E-state index is 10.7. The minimum absolute atomic E-state index is 0.0980. The Labute approximate surface area is 92.2 Å². The number of hydrogen-bond acceptors (Lipinski definition) is 3. The lowest BCUT2D eigenvalue weighted by molar-refractivity contribution is 0.0689. The number of nitrogens with zero attached hydrogens (tertiary/aromatic N) is 1. The average molecular weight is 228 g/mol. The van der Waals surface area contributed by atoms with E-state index in [1.807, 2.05) is 13.0 Å². The molecule has 0 aliphatic heterocycles. The van der Waals surface area contributed by atoms with Crippen LogP contribution in [0, 0.1) is 0 Å². The summed E-state index contributed by atoms with van der Waals surface area (Å²) in [6.45, 7) is 2.21. The van der Waals surface area contributed by atoms with Crippen molar-refractivity contribution in [2.75, 3.05) is 6.61 Å². The molecule has 0 bridgehead atoms. The van der Waals surface area contributed by atoms with E-state index in [0.29, 0.717) is 6.61 Å². The van der Waals surface area contributed by atoms with Gasteiger partial charge >= 0.3 is 5.97 Å².